The van der Waals surface area contributed by atoms with Gasteiger partial charge in [-0.15, -0.1) is 0 Å². The molecule has 1 rings (SSSR count). The fourth-order valence-electron chi connectivity index (χ4n) is 1.19. The second-order valence-corrected chi connectivity index (χ2v) is 5.76. The number of nitrogens with one attached hydrogen (secondary N) is 2. The predicted octanol–water partition coefficient (Wildman–Crippen LogP) is 1.45. The van der Waals surface area contributed by atoms with Crippen LogP contribution >= 0.6 is 0 Å². The third-order valence-electron chi connectivity index (χ3n) is 2.62. The Morgan fingerprint density at radius 2 is 2.18 bits per heavy atom. The van der Waals surface area contributed by atoms with Crippen LogP contribution in [0.2, 0.25) is 0 Å². The van der Waals surface area contributed by atoms with E-state index in [-0.39, 0.29) is 4.90 Å². The largest absolute Gasteiger partial charge is 0.373 e. The summed E-state index contributed by atoms with van der Waals surface area (Å²) in [5, 5.41) is 2.81. The second-order valence-electron chi connectivity index (χ2n) is 3.99. The van der Waals surface area contributed by atoms with Crippen LogP contribution in [0.3, 0.4) is 0 Å². The fraction of sp³-hybridized carbons (Fsp3) is 0.545. The molecular formula is C11H19N3O2S. The Morgan fingerprint density at radius 3 is 2.76 bits per heavy atom. The summed E-state index contributed by atoms with van der Waals surface area (Å²) in [6.45, 7) is 4.49. The molecule has 1 atom stereocenters. The first-order valence-electron chi connectivity index (χ1n) is 5.63. The molecule has 0 aliphatic heterocycles. The molecule has 0 aliphatic rings. The fourth-order valence-corrected chi connectivity index (χ4v) is 2.37. The summed E-state index contributed by atoms with van der Waals surface area (Å²) in [6, 6.07) is 3.00. The average Bonchev–Trinajstić information content (AvgIpc) is 2.36. The lowest BCUT2D eigenvalue weighted by Crippen LogP contribution is -2.28. The Labute approximate surface area is 103 Å². The molecule has 1 aromatic rings. The quantitative estimate of drug-likeness (QED) is 0.809. The van der Waals surface area contributed by atoms with E-state index in [0.717, 1.165) is 6.42 Å². The molecule has 6 heteroatoms. The number of rotatable bonds is 6. The second kappa shape index (κ2) is 5.97. The van der Waals surface area contributed by atoms with Crippen LogP contribution in [0.5, 0.6) is 0 Å². The Bertz CT molecular complexity index is 460. The zero-order valence-electron chi connectivity index (χ0n) is 10.4. The number of hydrogen-bond acceptors (Lipinski definition) is 4. The highest BCUT2D eigenvalue weighted by atomic mass is 32.2. The first-order valence-corrected chi connectivity index (χ1v) is 7.11. The molecule has 0 spiro atoms. The van der Waals surface area contributed by atoms with Gasteiger partial charge in [-0.25, -0.2) is 18.1 Å². The summed E-state index contributed by atoms with van der Waals surface area (Å²) in [6.07, 6.45) is 2.42. The minimum absolute atomic E-state index is 0.236. The van der Waals surface area contributed by atoms with Gasteiger partial charge in [0, 0.05) is 25.9 Å². The van der Waals surface area contributed by atoms with E-state index in [1.807, 2.05) is 13.8 Å². The topological polar surface area (TPSA) is 71.1 Å². The van der Waals surface area contributed by atoms with Crippen LogP contribution in [0.4, 0.5) is 5.82 Å². The van der Waals surface area contributed by atoms with E-state index < -0.39 is 10.0 Å². The van der Waals surface area contributed by atoms with Gasteiger partial charge in [0.2, 0.25) is 10.0 Å². The smallest absolute Gasteiger partial charge is 0.240 e. The van der Waals surface area contributed by atoms with Crippen LogP contribution in [0.1, 0.15) is 20.3 Å². The van der Waals surface area contributed by atoms with Gasteiger partial charge in [0.1, 0.15) is 5.82 Å². The molecule has 96 valence electrons. The number of nitrogens with zero attached hydrogens (tertiary/aromatic N) is 1. The Kier molecular flexibility index (Phi) is 4.89. The molecule has 2 N–H and O–H groups in total. The van der Waals surface area contributed by atoms with Gasteiger partial charge in [-0.2, -0.15) is 0 Å². The predicted molar refractivity (Wildman–Crippen MR) is 68.4 cm³/mol. The van der Waals surface area contributed by atoms with E-state index in [9.17, 15) is 8.42 Å². The Morgan fingerprint density at radius 1 is 1.47 bits per heavy atom. The molecule has 0 bridgehead atoms. The maximum absolute atomic E-state index is 12.0. The van der Waals surface area contributed by atoms with Gasteiger partial charge in [0.25, 0.3) is 0 Å². The molecule has 0 saturated heterocycles. The van der Waals surface area contributed by atoms with E-state index >= 15 is 0 Å². The minimum atomic E-state index is -3.43. The highest BCUT2D eigenvalue weighted by Crippen LogP contribution is 2.12. The van der Waals surface area contributed by atoms with Gasteiger partial charge in [0.05, 0.1) is 4.90 Å². The number of anilines is 1. The van der Waals surface area contributed by atoms with Crippen LogP contribution in [0, 0.1) is 5.92 Å². The Hall–Kier alpha value is -1.14. The summed E-state index contributed by atoms with van der Waals surface area (Å²) in [7, 11) is -1.73. The van der Waals surface area contributed by atoms with Crippen molar-refractivity contribution < 1.29 is 8.42 Å². The molecule has 0 amide bonds. The van der Waals surface area contributed by atoms with E-state index in [0.29, 0.717) is 18.3 Å². The van der Waals surface area contributed by atoms with Crippen LogP contribution < -0.4 is 10.0 Å². The average molecular weight is 257 g/mol. The number of aromatic nitrogens is 1. The van der Waals surface area contributed by atoms with Crippen LogP contribution in [0.25, 0.3) is 0 Å². The first kappa shape index (κ1) is 13.9. The molecule has 0 saturated carbocycles. The van der Waals surface area contributed by atoms with Crippen molar-refractivity contribution >= 4 is 15.8 Å². The van der Waals surface area contributed by atoms with Crippen molar-refractivity contribution in [2.75, 3.05) is 18.9 Å². The summed E-state index contributed by atoms with van der Waals surface area (Å²) in [5.74, 6) is 0.867. The van der Waals surface area contributed by atoms with Gasteiger partial charge in [-0.3, -0.25) is 0 Å². The molecule has 17 heavy (non-hydrogen) atoms. The van der Waals surface area contributed by atoms with E-state index in [1.165, 1.54) is 18.3 Å². The highest BCUT2D eigenvalue weighted by molar-refractivity contribution is 7.89. The molecule has 0 radical (unpaired) electrons. The lowest BCUT2D eigenvalue weighted by Gasteiger charge is -2.11. The zero-order chi connectivity index (χ0) is 12.9. The van der Waals surface area contributed by atoms with E-state index in [1.54, 1.807) is 7.05 Å². The SMILES string of the molecule is CCC(C)CNS(=O)(=O)c1ccnc(NC)c1. The molecule has 1 unspecified atom stereocenters. The van der Waals surface area contributed by atoms with E-state index in [4.69, 9.17) is 0 Å². The molecule has 0 aromatic carbocycles. The third-order valence-corrected chi connectivity index (χ3v) is 4.04. The van der Waals surface area contributed by atoms with Crippen molar-refractivity contribution in [1.29, 1.82) is 0 Å². The van der Waals surface area contributed by atoms with Gasteiger partial charge in [0.15, 0.2) is 0 Å². The third kappa shape index (κ3) is 3.98. The number of hydrogen-bond donors (Lipinski definition) is 2. The minimum Gasteiger partial charge on any atom is -0.373 e. The molecule has 1 aromatic heterocycles. The Balaban J connectivity index is 2.82. The molecule has 5 nitrogen and oxygen atoms in total. The normalized spacial score (nSPS) is 13.4. The van der Waals surface area contributed by atoms with E-state index in [2.05, 4.69) is 15.0 Å². The maximum Gasteiger partial charge on any atom is 0.240 e. The van der Waals surface area contributed by atoms with Crippen molar-refractivity contribution in [3.8, 4) is 0 Å². The molecular weight excluding hydrogens is 238 g/mol. The standard InChI is InChI=1S/C11H19N3O2S/c1-4-9(2)8-14-17(15,16)10-5-6-13-11(7-10)12-3/h5-7,9,14H,4,8H2,1-3H3,(H,12,13). The number of pyridine rings is 1. The maximum atomic E-state index is 12.0. The molecule has 1 heterocycles. The summed E-state index contributed by atoms with van der Waals surface area (Å²) in [5.41, 5.74) is 0. The van der Waals surface area contributed by atoms with Crippen LogP contribution in [0.15, 0.2) is 23.2 Å². The summed E-state index contributed by atoms with van der Waals surface area (Å²) >= 11 is 0. The van der Waals surface area contributed by atoms with Crippen LogP contribution in [-0.4, -0.2) is 27.0 Å². The van der Waals surface area contributed by atoms with Gasteiger partial charge in [-0.1, -0.05) is 20.3 Å². The molecule has 0 fully saturated rings. The van der Waals surface area contributed by atoms with Crippen molar-refractivity contribution in [2.24, 2.45) is 5.92 Å². The monoisotopic (exact) mass is 257 g/mol. The summed E-state index contributed by atoms with van der Waals surface area (Å²) in [4.78, 5) is 4.22. The van der Waals surface area contributed by atoms with Gasteiger partial charge in [-0.05, 0) is 12.0 Å². The van der Waals surface area contributed by atoms with Crippen molar-refractivity contribution in [3.05, 3.63) is 18.3 Å². The highest BCUT2D eigenvalue weighted by Gasteiger charge is 2.15. The lowest BCUT2D eigenvalue weighted by atomic mass is 10.1. The lowest BCUT2D eigenvalue weighted by molar-refractivity contribution is 0.528. The number of sulfonamides is 1. The van der Waals surface area contributed by atoms with Crippen LogP contribution in [-0.2, 0) is 10.0 Å². The summed E-state index contributed by atoms with van der Waals surface area (Å²) < 4.78 is 26.5. The van der Waals surface area contributed by atoms with Gasteiger partial charge < -0.3 is 5.32 Å². The zero-order valence-corrected chi connectivity index (χ0v) is 11.2. The molecule has 0 aliphatic carbocycles. The van der Waals surface area contributed by atoms with Crippen molar-refractivity contribution in [1.82, 2.24) is 9.71 Å². The van der Waals surface area contributed by atoms with Crippen molar-refractivity contribution in [3.63, 3.8) is 0 Å². The van der Waals surface area contributed by atoms with Gasteiger partial charge >= 0.3 is 0 Å². The first-order chi connectivity index (χ1) is 7.99. The van der Waals surface area contributed by atoms with Crippen molar-refractivity contribution in [2.45, 2.75) is 25.2 Å².